The average Bonchev–Trinajstić information content (AvgIpc) is 3.06. The van der Waals surface area contributed by atoms with Gasteiger partial charge < -0.3 is 19.3 Å². The lowest BCUT2D eigenvalue weighted by molar-refractivity contribution is 0.00300. The van der Waals surface area contributed by atoms with Crippen LogP contribution in [0.5, 0.6) is 0 Å². The molecular formula is C40H59N5O4. The van der Waals surface area contributed by atoms with Crippen molar-refractivity contribution in [2.45, 2.75) is 129 Å². The number of fused-ring (bicyclic) bond motifs is 2. The number of aryl methyl sites for hydroxylation is 1. The van der Waals surface area contributed by atoms with Crippen LogP contribution >= 0.6 is 0 Å². The lowest BCUT2D eigenvalue weighted by Crippen LogP contribution is -2.53. The SMILES string of the molecule is CC(C)(C)OC(=O)N1CCN(c2cccc3c2CC(CN(CC2CCCCC2)C2CCCc4cccnc42)N(C(=O)OC(C)(C)C)C3)CC1. The Morgan fingerprint density at radius 2 is 1.51 bits per heavy atom. The van der Waals surface area contributed by atoms with Crippen LogP contribution in [-0.2, 0) is 28.9 Å². The van der Waals surface area contributed by atoms with Crippen molar-refractivity contribution in [3.8, 4) is 0 Å². The van der Waals surface area contributed by atoms with Gasteiger partial charge in [-0.05, 0) is 115 Å². The first-order chi connectivity index (χ1) is 23.3. The number of rotatable bonds is 6. The number of benzene rings is 1. The first-order valence-corrected chi connectivity index (χ1v) is 18.9. The Morgan fingerprint density at radius 3 is 2.22 bits per heavy atom. The van der Waals surface area contributed by atoms with E-state index in [1.54, 1.807) is 0 Å². The fraction of sp³-hybridized carbons (Fsp3) is 0.675. The lowest BCUT2D eigenvalue weighted by atomic mass is 9.85. The van der Waals surface area contributed by atoms with E-state index in [1.807, 2.05) is 57.5 Å². The number of piperazine rings is 1. The van der Waals surface area contributed by atoms with E-state index in [9.17, 15) is 9.59 Å². The molecule has 1 saturated carbocycles. The molecule has 2 amide bonds. The Hall–Kier alpha value is -3.33. The Bertz CT molecular complexity index is 1450. The molecule has 0 bridgehead atoms. The quantitative estimate of drug-likeness (QED) is 0.310. The molecule has 9 nitrogen and oxygen atoms in total. The van der Waals surface area contributed by atoms with Crippen LogP contribution in [0.15, 0.2) is 36.5 Å². The molecule has 4 aliphatic rings. The molecule has 0 spiro atoms. The van der Waals surface area contributed by atoms with Crippen molar-refractivity contribution in [3.05, 3.63) is 58.9 Å². The molecule has 1 saturated heterocycles. The van der Waals surface area contributed by atoms with Gasteiger partial charge in [0.25, 0.3) is 0 Å². The molecule has 2 fully saturated rings. The largest absolute Gasteiger partial charge is 0.444 e. The monoisotopic (exact) mass is 673 g/mol. The normalized spacial score (nSPS) is 22.1. The summed E-state index contributed by atoms with van der Waals surface area (Å²) >= 11 is 0. The van der Waals surface area contributed by atoms with E-state index in [4.69, 9.17) is 14.5 Å². The van der Waals surface area contributed by atoms with Crippen molar-refractivity contribution in [2.24, 2.45) is 5.92 Å². The molecule has 49 heavy (non-hydrogen) atoms. The predicted octanol–water partition coefficient (Wildman–Crippen LogP) is 7.76. The molecule has 0 radical (unpaired) electrons. The van der Waals surface area contributed by atoms with E-state index in [2.05, 4.69) is 40.1 Å². The average molecular weight is 674 g/mol. The van der Waals surface area contributed by atoms with Gasteiger partial charge in [0.05, 0.1) is 17.8 Å². The number of carbonyl (C=O) groups excluding carboxylic acids is 2. The first-order valence-electron chi connectivity index (χ1n) is 18.9. The van der Waals surface area contributed by atoms with Crippen molar-refractivity contribution < 1.29 is 19.1 Å². The summed E-state index contributed by atoms with van der Waals surface area (Å²) in [5, 5.41) is 0. The molecule has 2 unspecified atom stereocenters. The predicted molar refractivity (Wildman–Crippen MR) is 194 cm³/mol. The number of pyridine rings is 1. The third kappa shape index (κ3) is 8.89. The molecule has 1 aromatic carbocycles. The highest BCUT2D eigenvalue weighted by atomic mass is 16.6. The Morgan fingerprint density at radius 1 is 0.816 bits per heavy atom. The fourth-order valence-electron chi connectivity index (χ4n) is 8.35. The number of aromatic nitrogens is 1. The molecular weight excluding hydrogens is 614 g/mol. The second kappa shape index (κ2) is 14.9. The molecule has 3 heterocycles. The van der Waals surface area contributed by atoms with Gasteiger partial charge in [0.15, 0.2) is 0 Å². The van der Waals surface area contributed by atoms with Crippen LogP contribution in [0.2, 0.25) is 0 Å². The minimum absolute atomic E-state index is 0.0377. The number of amides is 2. The van der Waals surface area contributed by atoms with Gasteiger partial charge in [-0.25, -0.2) is 9.59 Å². The molecule has 9 heteroatoms. The number of ether oxygens (including phenoxy) is 2. The molecule has 0 N–H and O–H groups in total. The standard InChI is InChI=1S/C40H59N5O4/c1-39(2,3)48-37(46)43-23-21-42(22-24-43)34-18-11-16-31-27-45(38(47)49-40(4,5)6)32(25-33(31)34)28-44(26-29-13-8-7-9-14-29)35-19-10-15-30-17-12-20-41-36(30)35/h11-12,16-18,20,29,32,35H,7-10,13-15,19,21-28H2,1-6H3. The highest BCUT2D eigenvalue weighted by Gasteiger charge is 2.39. The van der Waals surface area contributed by atoms with Gasteiger partial charge in [-0.15, -0.1) is 0 Å². The van der Waals surface area contributed by atoms with Crippen LogP contribution in [0.25, 0.3) is 0 Å². The van der Waals surface area contributed by atoms with Gasteiger partial charge in [-0.1, -0.05) is 37.5 Å². The minimum atomic E-state index is -0.578. The van der Waals surface area contributed by atoms with E-state index in [0.717, 1.165) is 51.9 Å². The lowest BCUT2D eigenvalue weighted by Gasteiger charge is -2.45. The van der Waals surface area contributed by atoms with Crippen LogP contribution in [-0.4, -0.2) is 88.4 Å². The van der Waals surface area contributed by atoms with Crippen LogP contribution in [0.4, 0.5) is 15.3 Å². The van der Waals surface area contributed by atoms with Crippen molar-refractivity contribution in [1.29, 1.82) is 0 Å². The summed E-state index contributed by atoms with van der Waals surface area (Å²) < 4.78 is 11.7. The number of anilines is 1. The highest BCUT2D eigenvalue weighted by Crippen LogP contribution is 2.38. The summed E-state index contributed by atoms with van der Waals surface area (Å²) in [6.45, 7) is 16.7. The molecule has 268 valence electrons. The zero-order valence-corrected chi connectivity index (χ0v) is 30.9. The van der Waals surface area contributed by atoms with E-state index < -0.39 is 11.2 Å². The zero-order chi connectivity index (χ0) is 34.8. The van der Waals surface area contributed by atoms with E-state index >= 15 is 0 Å². The van der Waals surface area contributed by atoms with Gasteiger partial charge in [-0.2, -0.15) is 0 Å². The number of hydrogen-bond donors (Lipinski definition) is 0. The summed E-state index contributed by atoms with van der Waals surface area (Å²) in [5.74, 6) is 0.672. The summed E-state index contributed by atoms with van der Waals surface area (Å²) in [5.41, 5.74) is 5.23. The minimum Gasteiger partial charge on any atom is -0.444 e. The maximum atomic E-state index is 14.0. The van der Waals surface area contributed by atoms with Gasteiger partial charge in [0.2, 0.25) is 0 Å². The second-order valence-corrected chi connectivity index (χ2v) is 16.7. The summed E-state index contributed by atoms with van der Waals surface area (Å²) in [6.07, 6.45) is 12.1. The second-order valence-electron chi connectivity index (χ2n) is 16.7. The van der Waals surface area contributed by atoms with Crippen molar-refractivity contribution in [3.63, 3.8) is 0 Å². The van der Waals surface area contributed by atoms with Crippen LogP contribution in [0.1, 0.15) is 115 Å². The smallest absolute Gasteiger partial charge is 0.410 e. The maximum absolute atomic E-state index is 14.0. The zero-order valence-electron chi connectivity index (χ0n) is 30.9. The topological polar surface area (TPSA) is 78.5 Å². The van der Waals surface area contributed by atoms with Crippen LogP contribution < -0.4 is 4.90 Å². The van der Waals surface area contributed by atoms with E-state index in [-0.39, 0.29) is 24.3 Å². The van der Waals surface area contributed by atoms with Gasteiger partial charge in [0, 0.05) is 57.7 Å². The van der Waals surface area contributed by atoms with Crippen molar-refractivity contribution in [2.75, 3.05) is 44.2 Å². The molecule has 2 aromatic rings. The Kier molecular flexibility index (Phi) is 10.8. The summed E-state index contributed by atoms with van der Waals surface area (Å²) in [4.78, 5) is 40.7. The van der Waals surface area contributed by atoms with Crippen molar-refractivity contribution in [1.82, 2.24) is 19.7 Å². The highest BCUT2D eigenvalue weighted by molar-refractivity contribution is 5.71. The third-order valence-electron chi connectivity index (χ3n) is 10.6. The molecule has 2 atom stereocenters. The number of nitrogens with zero attached hydrogens (tertiary/aromatic N) is 5. The fourth-order valence-corrected chi connectivity index (χ4v) is 8.35. The number of hydrogen-bond acceptors (Lipinski definition) is 7. The van der Waals surface area contributed by atoms with Gasteiger partial charge in [-0.3, -0.25) is 14.8 Å². The van der Waals surface area contributed by atoms with Gasteiger partial charge in [0.1, 0.15) is 11.2 Å². The first kappa shape index (κ1) is 35.5. The maximum Gasteiger partial charge on any atom is 0.410 e. The van der Waals surface area contributed by atoms with Crippen LogP contribution in [0.3, 0.4) is 0 Å². The Labute approximate surface area is 294 Å². The third-order valence-corrected chi connectivity index (χ3v) is 10.6. The molecule has 2 aliphatic carbocycles. The molecule has 1 aromatic heterocycles. The van der Waals surface area contributed by atoms with Crippen LogP contribution in [0, 0.1) is 5.92 Å². The molecule has 6 rings (SSSR count). The van der Waals surface area contributed by atoms with Gasteiger partial charge >= 0.3 is 12.2 Å². The summed E-state index contributed by atoms with van der Waals surface area (Å²) in [7, 11) is 0. The summed E-state index contributed by atoms with van der Waals surface area (Å²) in [6, 6.07) is 11.1. The van der Waals surface area contributed by atoms with Crippen molar-refractivity contribution >= 4 is 17.9 Å². The number of carbonyl (C=O) groups is 2. The Balaban J connectivity index is 1.28. The molecule has 2 aliphatic heterocycles. The van der Waals surface area contributed by atoms with E-state index in [0.29, 0.717) is 25.6 Å². The van der Waals surface area contributed by atoms with E-state index in [1.165, 1.54) is 60.2 Å².